The average Bonchev–Trinajstić information content (AvgIpc) is 3.09. The van der Waals surface area contributed by atoms with Gasteiger partial charge in [-0.05, 0) is 71.6 Å². The van der Waals surface area contributed by atoms with Crippen molar-refractivity contribution in [3.8, 4) is 11.1 Å². The number of alkyl halides is 3. The molecular weight excluding hydrogens is 658 g/mol. The van der Waals surface area contributed by atoms with Crippen LogP contribution >= 0.6 is 11.8 Å². The molecule has 49 heavy (non-hydrogen) atoms. The van der Waals surface area contributed by atoms with Crippen LogP contribution in [0, 0.1) is 5.82 Å². The molecule has 0 aliphatic rings. The molecular formula is C35H37F4N7O2S. The summed E-state index contributed by atoms with van der Waals surface area (Å²) in [6, 6.07) is 18.3. The lowest BCUT2D eigenvalue weighted by atomic mass is 10.0. The summed E-state index contributed by atoms with van der Waals surface area (Å²) in [6.45, 7) is 6.99. The number of rotatable bonds is 16. The summed E-state index contributed by atoms with van der Waals surface area (Å²) in [5.74, 6) is -0.192. The van der Waals surface area contributed by atoms with E-state index >= 15 is 0 Å². The zero-order valence-electron chi connectivity index (χ0n) is 27.2. The molecule has 0 aliphatic carbocycles. The zero-order valence-corrected chi connectivity index (χ0v) is 28.1. The standard InChI is InChI=1S/C35H37F4N7O2S/c1-3-44(4-2)19-20-45(21-25-5-9-27(10-6-25)28-11-13-30(14-12-28)35(37,38)39)32(47)23-46-22-29(17-18-41-43-40)33(48)42-34(46)49-24-26-7-15-31(36)16-8-26/h5-16,22H,3-4,17-21,23-24H2,1-2H3. The second-order valence-corrected chi connectivity index (χ2v) is 12.2. The smallest absolute Gasteiger partial charge is 0.336 e. The Labute approximate surface area is 286 Å². The number of amides is 1. The summed E-state index contributed by atoms with van der Waals surface area (Å²) < 4.78 is 54.1. The van der Waals surface area contributed by atoms with Crippen LogP contribution in [0.2, 0.25) is 0 Å². The Morgan fingerprint density at radius 3 is 2.14 bits per heavy atom. The lowest BCUT2D eigenvalue weighted by molar-refractivity contribution is -0.137. The minimum Gasteiger partial charge on any atom is -0.336 e. The second kappa shape index (κ2) is 17.7. The van der Waals surface area contributed by atoms with Crippen LogP contribution in [0.3, 0.4) is 0 Å². The van der Waals surface area contributed by atoms with Crippen molar-refractivity contribution in [2.45, 2.75) is 50.4 Å². The lowest BCUT2D eigenvalue weighted by Crippen LogP contribution is -2.40. The SMILES string of the molecule is CCN(CC)CCN(Cc1ccc(-c2ccc(C(F)(F)F)cc2)cc1)C(=O)Cn1cc(CCN=[N+]=[N-])c(=O)nc1SCc1ccc(F)cc1. The molecule has 258 valence electrons. The van der Waals surface area contributed by atoms with E-state index < -0.39 is 17.3 Å². The van der Waals surface area contributed by atoms with E-state index in [1.165, 1.54) is 36.0 Å². The summed E-state index contributed by atoms with van der Waals surface area (Å²) in [4.78, 5) is 37.8. The van der Waals surface area contributed by atoms with Gasteiger partial charge in [-0.3, -0.25) is 9.59 Å². The maximum absolute atomic E-state index is 14.0. The fourth-order valence-corrected chi connectivity index (χ4v) is 6.00. The fraction of sp³-hybridized carbons (Fsp3) is 0.343. The largest absolute Gasteiger partial charge is 0.416 e. The Kier molecular flexibility index (Phi) is 13.4. The number of halogens is 4. The van der Waals surface area contributed by atoms with Crippen molar-refractivity contribution in [3.05, 3.63) is 128 Å². The minimum absolute atomic E-state index is 0.0574. The van der Waals surface area contributed by atoms with Crippen LogP contribution in [0.15, 0.2) is 94.1 Å². The molecule has 14 heteroatoms. The zero-order chi connectivity index (χ0) is 35.4. The molecule has 0 radical (unpaired) electrons. The molecule has 0 unspecified atom stereocenters. The molecule has 1 amide bonds. The van der Waals surface area contributed by atoms with Crippen LogP contribution < -0.4 is 5.56 Å². The Hall–Kier alpha value is -4.65. The van der Waals surface area contributed by atoms with Crippen molar-refractivity contribution in [3.63, 3.8) is 0 Å². The third kappa shape index (κ3) is 10.9. The first-order valence-electron chi connectivity index (χ1n) is 15.8. The highest BCUT2D eigenvalue weighted by atomic mass is 32.2. The van der Waals surface area contributed by atoms with Crippen LogP contribution in [-0.4, -0.2) is 58.0 Å². The summed E-state index contributed by atoms with van der Waals surface area (Å²) in [5.41, 5.74) is 10.8. The number of carbonyl (C=O) groups is 1. The first-order chi connectivity index (χ1) is 23.5. The summed E-state index contributed by atoms with van der Waals surface area (Å²) in [5, 5.41) is 3.84. The third-order valence-corrected chi connectivity index (χ3v) is 9.03. The van der Waals surface area contributed by atoms with E-state index in [4.69, 9.17) is 5.53 Å². The van der Waals surface area contributed by atoms with Crippen molar-refractivity contribution in [2.75, 3.05) is 32.7 Å². The van der Waals surface area contributed by atoms with Gasteiger partial charge in [-0.2, -0.15) is 18.2 Å². The van der Waals surface area contributed by atoms with Crippen molar-refractivity contribution in [1.29, 1.82) is 0 Å². The molecule has 9 nitrogen and oxygen atoms in total. The van der Waals surface area contributed by atoms with Crippen molar-refractivity contribution < 1.29 is 22.4 Å². The van der Waals surface area contributed by atoms with Gasteiger partial charge < -0.3 is 14.4 Å². The van der Waals surface area contributed by atoms with Crippen molar-refractivity contribution in [1.82, 2.24) is 19.4 Å². The van der Waals surface area contributed by atoms with Crippen LogP contribution in [0.4, 0.5) is 17.6 Å². The molecule has 4 aromatic rings. The van der Waals surface area contributed by atoms with E-state index in [0.29, 0.717) is 35.1 Å². The first-order valence-corrected chi connectivity index (χ1v) is 16.7. The van der Waals surface area contributed by atoms with Crippen molar-refractivity contribution in [2.24, 2.45) is 5.11 Å². The highest BCUT2D eigenvalue weighted by Crippen LogP contribution is 2.31. The molecule has 0 fully saturated rings. The fourth-order valence-electron chi connectivity index (χ4n) is 5.08. The van der Waals surface area contributed by atoms with Gasteiger partial charge in [0.05, 0.1) is 5.56 Å². The van der Waals surface area contributed by atoms with E-state index in [1.54, 1.807) is 27.8 Å². The number of benzene rings is 3. The number of hydrogen-bond donors (Lipinski definition) is 0. The number of thioether (sulfide) groups is 1. The molecule has 1 aromatic heterocycles. The monoisotopic (exact) mass is 695 g/mol. The Balaban J connectivity index is 1.58. The van der Waals surface area contributed by atoms with Gasteiger partial charge in [0.15, 0.2) is 5.16 Å². The molecule has 0 N–H and O–H groups in total. The predicted octanol–water partition coefficient (Wildman–Crippen LogP) is 7.58. The van der Waals surface area contributed by atoms with E-state index in [-0.39, 0.29) is 37.8 Å². The molecule has 0 atom stereocenters. The number of aromatic nitrogens is 2. The topological polar surface area (TPSA) is 107 Å². The van der Waals surface area contributed by atoms with Gasteiger partial charge in [0.2, 0.25) is 5.91 Å². The predicted molar refractivity (Wildman–Crippen MR) is 182 cm³/mol. The van der Waals surface area contributed by atoms with Gasteiger partial charge in [-0.1, -0.05) is 79.3 Å². The van der Waals surface area contributed by atoms with Gasteiger partial charge in [0.25, 0.3) is 5.56 Å². The number of azide groups is 1. The average molecular weight is 696 g/mol. The van der Waals surface area contributed by atoms with Crippen LogP contribution in [-0.2, 0) is 36.2 Å². The van der Waals surface area contributed by atoms with E-state index in [9.17, 15) is 27.2 Å². The highest BCUT2D eigenvalue weighted by Gasteiger charge is 2.30. The first kappa shape index (κ1) is 37.2. The van der Waals surface area contributed by atoms with Gasteiger partial charge in [0.1, 0.15) is 12.4 Å². The lowest BCUT2D eigenvalue weighted by Gasteiger charge is -2.27. The van der Waals surface area contributed by atoms with Gasteiger partial charge in [-0.25, -0.2) is 4.39 Å². The molecule has 0 aliphatic heterocycles. The normalized spacial score (nSPS) is 11.4. The second-order valence-electron chi connectivity index (χ2n) is 11.2. The van der Waals surface area contributed by atoms with Gasteiger partial charge >= 0.3 is 6.18 Å². The molecule has 4 rings (SSSR count). The minimum atomic E-state index is -4.41. The maximum atomic E-state index is 14.0. The quantitative estimate of drug-likeness (QED) is 0.0300. The van der Waals surface area contributed by atoms with Gasteiger partial charge in [-0.15, -0.1) is 0 Å². The van der Waals surface area contributed by atoms with Crippen LogP contribution in [0.25, 0.3) is 21.6 Å². The summed E-state index contributed by atoms with van der Waals surface area (Å²) >= 11 is 1.25. The Bertz CT molecular complexity index is 1790. The molecule has 0 spiro atoms. The maximum Gasteiger partial charge on any atom is 0.416 e. The molecule has 1 heterocycles. The number of likely N-dealkylation sites (N-methyl/N-ethyl adjacent to an activating group) is 1. The number of carbonyl (C=O) groups excluding carboxylic acids is 1. The number of nitrogens with zero attached hydrogens (tertiary/aromatic N) is 7. The molecule has 0 saturated carbocycles. The Morgan fingerprint density at radius 2 is 1.55 bits per heavy atom. The van der Waals surface area contributed by atoms with E-state index in [0.717, 1.165) is 41.9 Å². The van der Waals surface area contributed by atoms with Gasteiger partial charge in [0, 0.05) is 48.6 Å². The van der Waals surface area contributed by atoms with Crippen LogP contribution in [0.5, 0.6) is 0 Å². The van der Waals surface area contributed by atoms with E-state index in [1.807, 2.05) is 38.1 Å². The van der Waals surface area contributed by atoms with Crippen molar-refractivity contribution >= 4 is 17.7 Å². The molecule has 0 saturated heterocycles. The number of hydrogen-bond acceptors (Lipinski definition) is 6. The summed E-state index contributed by atoms with van der Waals surface area (Å²) in [7, 11) is 0. The molecule has 0 bridgehead atoms. The van der Waals surface area contributed by atoms with E-state index in [2.05, 4.69) is 19.9 Å². The van der Waals surface area contributed by atoms with Crippen LogP contribution in [0.1, 0.15) is 36.1 Å². The summed E-state index contributed by atoms with van der Waals surface area (Å²) in [6.07, 6.45) is -2.68. The third-order valence-electron chi connectivity index (χ3n) is 7.97. The highest BCUT2D eigenvalue weighted by molar-refractivity contribution is 7.98. The molecule has 3 aromatic carbocycles. The Morgan fingerprint density at radius 1 is 0.939 bits per heavy atom.